The van der Waals surface area contributed by atoms with Gasteiger partial charge in [-0.05, 0) is 47.0 Å². The summed E-state index contributed by atoms with van der Waals surface area (Å²) in [4.78, 5) is 12.4. The number of nitriles is 1. The largest absolute Gasteiger partial charge is 0.329 e. The van der Waals surface area contributed by atoms with E-state index in [1.807, 2.05) is 19.9 Å². The number of rotatable bonds is 5. The molecule has 0 unspecified atom stereocenters. The van der Waals surface area contributed by atoms with E-state index in [-0.39, 0.29) is 5.91 Å². The number of benzene rings is 1. The monoisotopic (exact) mass is 323 g/mol. The summed E-state index contributed by atoms with van der Waals surface area (Å²) in [7, 11) is 0. The number of hydrogen-bond acceptors (Lipinski definition) is 3. The number of amides is 1. The van der Waals surface area contributed by atoms with Gasteiger partial charge in [-0.25, -0.2) is 0 Å². The molecule has 1 aromatic rings. The lowest BCUT2D eigenvalue weighted by Crippen LogP contribution is -2.41. The van der Waals surface area contributed by atoms with Crippen molar-refractivity contribution in [2.75, 3.05) is 11.9 Å². The number of hydrogen-bond donors (Lipinski definition) is 2. The van der Waals surface area contributed by atoms with E-state index >= 15 is 0 Å². The molecular formula is C14H18BrN3O. The quantitative estimate of drug-likeness (QED) is 0.874. The van der Waals surface area contributed by atoms with Gasteiger partial charge in [0.25, 0.3) is 0 Å². The van der Waals surface area contributed by atoms with Crippen molar-refractivity contribution in [3.05, 3.63) is 28.2 Å². The van der Waals surface area contributed by atoms with Gasteiger partial charge in [0, 0.05) is 11.0 Å². The average Bonchev–Trinajstić information content (AvgIpc) is 2.43. The van der Waals surface area contributed by atoms with Crippen molar-refractivity contribution in [2.45, 2.75) is 26.7 Å². The van der Waals surface area contributed by atoms with Crippen LogP contribution in [0.3, 0.4) is 0 Å². The van der Waals surface area contributed by atoms with E-state index in [0.717, 1.165) is 0 Å². The zero-order chi connectivity index (χ0) is 14.5. The maximum Gasteiger partial charge on any atom is 0.231 e. The molecule has 1 rings (SSSR count). The van der Waals surface area contributed by atoms with Crippen molar-refractivity contribution in [1.82, 2.24) is 0 Å². The number of halogens is 1. The molecule has 0 aliphatic rings. The normalized spacial score (nSPS) is 10.9. The van der Waals surface area contributed by atoms with Crippen molar-refractivity contribution in [3.63, 3.8) is 0 Å². The minimum absolute atomic E-state index is 0.0783. The second kappa shape index (κ2) is 6.69. The second-order valence-corrected chi connectivity index (χ2v) is 5.31. The molecule has 0 saturated carbocycles. The third kappa shape index (κ3) is 3.34. The summed E-state index contributed by atoms with van der Waals surface area (Å²) in [5.74, 6) is -0.0783. The van der Waals surface area contributed by atoms with Gasteiger partial charge in [-0.15, -0.1) is 0 Å². The molecular weight excluding hydrogens is 306 g/mol. The van der Waals surface area contributed by atoms with Crippen LogP contribution in [0.4, 0.5) is 5.69 Å². The summed E-state index contributed by atoms with van der Waals surface area (Å²) < 4.78 is 0.693. The second-order valence-electron chi connectivity index (χ2n) is 4.45. The molecule has 4 nitrogen and oxygen atoms in total. The number of nitrogens with one attached hydrogen (secondary N) is 1. The highest BCUT2D eigenvalue weighted by Crippen LogP contribution is 2.29. The van der Waals surface area contributed by atoms with Crippen molar-refractivity contribution < 1.29 is 4.79 Å². The standard InChI is InChI=1S/C14H18BrN3O/c1-3-14(4-2,9-17)13(19)18-12-6-5-10(8-16)7-11(12)15/h5-7H,3-4,9,17H2,1-2H3,(H,18,19). The first-order valence-corrected chi connectivity index (χ1v) is 7.03. The molecule has 0 aromatic heterocycles. The number of carbonyl (C=O) groups excluding carboxylic acids is 1. The molecule has 0 aliphatic carbocycles. The Hall–Kier alpha value is -1.38. The maximum absolute atomic E-state index is 12.4. The minimum atomic E-state index is -0.534. The van der Waals surface area contributed by atoms with Crippen LogP contribution < -0.4 is 11.1 Å². The van der Waals surface area contributed by atoms with Crippen LogP contribution >= 0.6 is 15.9 Å². The van der Waals surface area contributed by atoms with Crippen LogP contribution in [0.25, 0.3) is 0 Å². The molecule has 0 bridgehead atoms. The molecule has 102 valence electrons. The van der Waals surface area contributed by atoms with Crippen LogP contribution in [0.5, 0.6) is 0 Å². The molecule has 0 heterocycles. The van der Waals surface area contributed by atoms with E-state index in [4.69, 9.17) is 11.0 Å². The lowest BCUT2D eigenvalue weighted by molar-refractivity contribution is -0.125. The van der Waals surface area contributed by atoms with Crippen molar-refractivity contribution >= 4 is 27.5 Å². The number of nitrogens with zero attached hydrogens (tertiary/aromatic N) is 1. The minimum Gasteiger partial charge on any atom is -0.329 e. The fourth-order valence-electron chi connectivity index (χ4n) is 1.89. The topological polar surface area (TPSA) is 78.9 Å². The summed E-state index contributed by atoms with van der Waals surface area (Å²) in [5.41, 5.74) is 6.42. The molecule has 0 spiro atoms. The zero-order valence-corrected chi connectivity index (χ0v) is 12.8. The summed E-state index contributed by atoms with van der Waals surface area (Å²) in [6, 6.07) is 7.11. The molecule has 0 fully saturated rings. The van der Waals surface area contributed by atoms with E-state index in [1.165, 1.54) is 0 Å². The van der Waals surface area contributed by atoms with E-state index in [2.05, 4.69) is 21.2 Å². The molecule has 0 atom stereocenters. The molecule has 19 heavy (non-hydrogen) atoms. The summed E-state index contributed by atoms with van der Waals surface area (Å²) >= 11 is 3.35. The fraction of sp³-hybridized carbons (Fsp3) is 0.429. The first kappa shape index (κ1) is 15.7. The smallest absolute Gasteiger partial charge is 0.231 e. The molecule has 1 aromatic carbocycles. The summed E-state index contributed by atoms with van der Waals surface area (Å²) in [5, 5.41) is 11.7. The summed E-state index contributed by atoms with van der Waals surface area (Å²) in [6.45, 7) is 4.24. The highest BCUT2D eigenvalue weighted by atomic mass is 79.9. The lowest BCUT2D eigenvalue weighted by atomic mass is 9.81. The van der Waals surface area contributed by atoms with Gasteiger partial charge in [-0.3, -0.25) is 4.79 Å². The van der Waals surface area contributed by atoms with Gasteiger partial charge in [0.15, 0.2) is 0 Å². The average molecular weight is 324 g/mol. The van der Waals surface area contributed by atoms with E-state index in [1.54, 1.807) is 18.2 Å². The molecule has 0 radical (unpaired) electrons. The maximum atomic E-state index is 12.4. The lowest BCUT2D eigenvalue weighted by Gasteiger charge is -2.28. The van der Waals surface area contributed by atoms with Gasteiger partial charge in [0.1, 0.15) is 0 Å². The Morgan fingerprint density at radius 2 is 2.11 bits per heavy atom. The van der Waals surface area contributed by atoms with Crippen LogP contribution in [-0.4, -0.2) is 12.5 Å². The first-order chi connectivity index (χ1) is 9.02. The Morgan fingerprint density at radius 3 is 2.53 bits per heavy atom. The number of carbonyl (C=O) groups is 1. The molecule has 1 amide bonds. The van der Waals surface area contributed by atoms with Gasteiger partial charge in [0.05, 0.1) is 22.7 Å². The van der Waals surface area contributed by atoms with Gasteiger partial charge in [-0.1, -0.05) is 13.8 Å². The van der Waals surface area contributed by atoms with Gasteiger partial charge in [-0.2, -0.15) is 5.26 Å². The van der Waals surface area contributed by atoms with Crippen molar-refractivity contribution in [2.24, 2.45) is 11.1 Å². The Balaban J connectivity index is 2.97. The van der Waals surface area contributed by atoms with Crippen LogP contribution in [0.15, 0.2) is 22.7 Å². The Bertz CT molecular complexity index is 496. The zero-order valence-electron chi connectivity index (χ0n) is 11.2. The molecule has 5 heteroatoms. The van der Waals surface area contributed by atoms with Crippen molar-refractivity contribution in [1.29, 1.82) is 5.26 Å². The van der Waals surface area contributed by atoms with Crippen molar-refractivity contribution in [3.8, 4) is 6.07 Å². The van der Waals surface area contributed by atoms with Crippen LogP contribution in [-0.2, 0) is 4.79 Å². The Labute approximate surface area is 122 Å². The fourth-order valence-corrected chi connectivity index (χ4v) is 2.37. The number of nitrogens with two attached hydrogens (primary N) is 1. The third-order valence-electron chi connectivity index (χ3n) is 3.57. The Kier molecular flexibility index (Phi) is 5.52. The molecule has 0 aliphatic heterocycles. The number of anilines is 1. The Morgan fingerprint density at radius 1 is 1.47 bits per heavy atom. The molecule has 0 saturated heterocycles. The predicted octanol–water partition coefficient (Wildman–Crippen LogP) is 3.02. The van der Waals surface area contributed by atoms with Crippen LogP contribution in [0.2, 0.25) is 0 Å². The first-order valence-electron chi connectivity index (χ1n) is 6.24. The van der Waals surface area contributed by atoms with E-state index in [0.29, 0.717) is 35.1 Å². The predicted molar refractivity (Wildman–Crippen MR) is 79.6 cm³/mol. The van der Waals surface area contributed by atoms with E-state index < -0.39 is 5.41 Å². The van der Waals surface area contributed by atoms with Gasteiger partial charge in [0.2, 0.25) is 5.91 Å². The highest BCUT2D eigenvalue weighted by molar-refractivity contribution is 9.10. The molecule has 3 N–H and O–H groups in total. The summed E-state index contributed by atoms with van der Waals surface area (Å²) in [6.07, 6.45) is 1.39. The van der Waals surface area contributed by atoms with Crippen LogP contribution in [0.1, 0.15) is 32.3 Å². The SMILES string of the molecule is CCC(CC)(CN)C(=O)Nc1ccc(C#N)cc1Br. The van der Waals surface area contributed by atoms with E-state index in [9.17, 15) is 4.79 Å². The van der Waals surface area contributed by atoms with Gasteiger partial charge >= 0.3 is 0 Å². The van der Waals surface area contributed by atoms with Gasteiger partial charge < -0.3 is 11.1 Å². The third-order valence-corrected chi connectivity index (χ3v) is 4.23. The highest BCUT2D eigenvalue weighted by Gasteiger charge is 2.33. The van der Waals surface area contributed by atoms with Crippen LogP contribution in [0, 0.1) is 16.7 Å².